The Balaban J connectivity index is 1.61. The van der Waals surface area contributed by atoms with Gasteiger partial charge in [0.2, 0.25) is 5.91 Å². The molecule has 0 fully saturated rings. The second-order valence-electron chi connectivity index (χ2n) is 6.74. The quantitative estimate of drug-likeness (QED) is 0.395. The average molecular weight is 425 g/mol. The van der Waals surface area contributed by atoms with Crippen molar-refractivity contribution in [2.45, 2.75) is 20.0 Å². The van der Waals surface area contributed by atoms with Gasteiger partial charge in [-0.25, -0.2) is 0 Å². The molecule has 0 bridgehead atoms. The Morgan fingerprint density at radius 2 is 1.77 bits per heavy atom. The van der Waals surface area contributed by atoms with Gasteiger partial charge in [-0.15, -0.1) is 11.3 Å². The first-order valence-corrected chi connectivity index (χ1v) is 10.3. The van der Waals surface area contributed by atoms with Crippen LogP contribution in [0.15, 0.2) is 53.9 Å². The lowest BCUT2D eigenvalue weighted by Gasteiger charge is -2.08. The summed E-state index contributed by atoms with van der Waals surface area (Å²) in [5.74, 6) is 0.516. The maximum atomic E-state index is 13.0. The van der Waals surface area contributed by atoms with E-state index in [4.69, 9.17) is 15.2 Å². The van der Waals surface area contributed by atoms with Gasteiger partial charge < -0.3 is 20.5 Å². The highest BCUT2D eigenvalue weighted by Gasteiger charge is 2.19. The average Bonchev–Trinajstić information content (AvgIpc) is 3.11. The molecule has 3 rings (SSSR count). The molecule has 3 aromatic rings. The molecule has 30 heavy (non-hydrogen) atoms. The van der Waals surface area contributed by atoms with Gasteiger partial charge >= 0.3 is 0 Å². The van der Waals surface area contributed by atoms with Crippen LogP contribution in [0.1, 0.15) is 34.0 Å². The van der Waals surface area contributed by atoms with E-state index in [1.54, 1.807) is 31.4 Å². The molecule has 1 heterocycles. The van der Waals surface area contributed by atoms with E-state index in [2.05, 4.69) is 5.32 Å². The fraction of sp³-hybridized carbons (Fsp3) is 0.217. The zero-order chi connectivity index (χ0) is 21.5. The number of amides is 1. The lowest BCUT2D eigenvalue weighted by atomic mass is 10.00. The SMILES string of the molecule is COc1ccc(COCCc2csc(N)c2C(=O)c2ccc(NC(C)=O)cc2)cc1. The van der Waals surface area contributed by atoms with Crippen LogP contribution in [0, 0.1) is 0 Å². The van der Waals surface area contributed by atoms with Crippen molar-refractivity contribution in [2.75, 3.05) is 24.8 Å². The largest absolute Gasteiger partial charge is 0.497 e. The van der Waals surface area contributed by atoms with E-state index < -0.39 is 0 Å². The third kappa shape index (κ3) is 5.46. The molecule has 0 saturated carbocycles. The Bertz CT molecular complexity index is 1010. The van der Waals surface area contributed by atoms with Crippen molar-refractivity contribution in [3.8, 4) is 5.75 Å². The summed E-state index contributed by atoms with van der Waals surface area (Å²) in [5, 5.41) is 5.09. The number of benzene rings is 2. The molecule has 1 amide bonds. The van der Waals surface area contributed by atoms with E-state index in [1.165, 1.54) is 18.3 Å². The molecule has 0 aliphatic carbocycles. The summed E-state index contributed by atoms with van der Waals surface area (Å²) in [4.78, 5) is 24.1. The second kappa shape index (κ2) is 10.0. The van der Waals surface area contributed by atoms with Crippen molar-refractivity contribution in [2.24, 2.45) is 0 Å². The topological polar surface area (TPSA) is 90.7 Å². The molecule has 0 radical (unpaired) electrons. The number of nitrogens with one attached hydrogen (secondary N) is 1. The molecule has 0 spiro atoms. The normalized spacial score (nSPS) is 10.6. The summed E-state index contributed by atoms with van der Waals surface area (Å²) in [5.41, 5.74) is 9.71. The number of rotatable bonds is 9. The zero-order valence-electron chi connectivity index (χ0n) is 16.9. The predicted molar refractivity (Wildman–Crippen MR) is 119 cm³/mol. The number of carbonyl (C=O) groups excluding carboxylic acids is 2. The highest BCUT2D eigenvalue weighted by atomic mass is 32.1. The van der Waals surface area contributed by atoms with Crippen molar-refractivity contribution in [3.05, 3.63) is 76.2 Å². The van der Waals surface area contributed by atoms with Gasteiger partial charge in [0.05, 0.1) is 30.9 Å². The summed E-state index contributed by atoms with van der Waals surface area (Å²) in [7, 11) is 1.63. The van der Waals surface area contributed by atoms with Crippen molar-refractivity contribution in [1.82, 2.24) is 0 Å². The number of anilines is 2. The Morgan fingerprint density at radius 3 is 2.40 bits per heavy atom. The van der Waals surface area contributed by atoms with Crippen molar-refractivity contribution in [1.29, 1.82) is 0 Å². The first-order valence-electron chi connectivity index (χ1n) is 9.46. The Morgan fingerprint density at radius 1 is 1.07 bits per heavy atom. The van der Waals surface area contributed by atoms with Gasteiger partial charge in [0.25, 0.3) is 0 Å². The summed E-state index contributed by atoms with van der Waals surface area (Å²) < 4.78 is 10.9. The number of carbonyl (C=O) groups is 2. The molecule has 1 aromatic heterocycles. The van der Waals surface area contributed by atoms with Gasteiger partial charge in [0, 0.05) is 18.2 Å². The van der Waals surface area contributed by atoms with E-state index in [1.807, 2.05) is 29.6 Å². The van der Waals surface area contributed by atoms with Crippen LogP contribution in [-0.4, -0.2) is 25.4 Å². The van der Waals surface area contributed by atoms with Gasteiger partial charge in [0.1, 0.15) is 5.75 Å². The van der Waals surface area contributed by atoms with Crippen LogP contribution in [0.2, 0.25) is 0 Å². The van der Waals surface area contributed by atoms with E-state index in [0.29, 0.717) is 41.4 Å². The Hall–Kier alpha value is -3.16. The van der Waals surface area contributed by atoms with Crippen LogP contribution in [0.3, 0.4) is 0 Å². The first-order chi connectivity index (χ1) is 14.5. The molecule has 6 nitrogen and oxygen atoms in total. The Kier molecular flexibility index (Phi) is 7.21. The monoisotopic (exact) mass is 424 g/mol. The number of methoxy groups -OCH3 is 1. The minimum Gasteiger partial charge on any atom is -0.497 e. The maximum absolute atomic E-state index is 13.0. The van der Waals surface area contributed by atoms with E-state index in [9.17, 15) is 9.59 Å². The molecular formula is C23H24N2O4S. The van der Waals surface area contributed by atoms with Gasteiger partial charge in [-0.1, -0.05) is 12.1 Å². The smallest absolute Gasteiger partial charge is 0.221 e. The second-order valence-corrected chi connectivity index (χ2v) is 7.65. The zero-order valence-corrected chi connectivity index (χ0v) is 17.8. The van der Waals surface area contributed by atoms with Gasteiger partial charge in [0.15, 0.2) is 5.78 Å². The highest BCUT2D eigenvalue weighted by Crippen LogP contribution is 2.28. The lowest BCUT2D eigenvalue weighted by molar-refractivity contribution is -0.114. The van der Waals surface area contributed by atoms with Crippen LogP contribution >= 0.6 is 11.3 Å². The maximum Gasteiger partial charge on any atom is 0.221 e. The third-order valence-corrected chi connectivity index (χ3v) is 5.39. The summed E-state index contributed by atoms with van der Waals surface area (Å²) >= 11 is 1.35. The molecule has 0 unspecified atom stereocenters. The van der Waals surface area contributed by atoms with Crippen LogP contribution in [0.5, 0.6) is 5.75 Å². The van der Waals surface area contributed by atoms with Crippen molar-refractivity contribution < 1.29 is 19.1 Å². The summed E-state index contributed by atoms with van der Waals surface area (Å²) in [6.45, 7) is 2.40. The minimum absolute atomic E-state index is 0.131. The number of thiophene rings is 1. The number of nitrogens with two attached hydrogens (primary N) is 1. The van der Waals surface area contributed by atoms with Gasteiger partial charge in [-0.2, -0.15) is 0 Å². The van der Waals surface area contributed by atoms with E-state index in [0.717, 1.165) is 16.9 Å². The number of nitrogen functional groups attached to an aromatic ring is 1. The van der Waals surface area contributed by atoms with Crippen LogP contribution in [0.25, 0.3) is 0 Å². The number of hydrogen-bond acceptors (Lipinski definition) is 6. The van der Waals surface area contributed by atoms with E-state index >= 15 is 0 Å². The van der Waals surface area contributed by atoms with Gasteiger partial charge in [-0.3, -0.25) is 9.59 Å². The molecule has 0 saturated heterocycles. The van der Waals surface area contributed by atoms with Crippen molar-refractivity contribution >= 4 is 33.7 Å². The number of hydrogen-bond donors (Lipinski definition) is 2. The molecule has 156 valence electrons. The van der Waals surface area contributed by atoms with Crippen LogP contribution < -0.4 is 15.8 Å². The highest BCUT2D eigenvalue weighted by molar-refractivity contribution is 7.14. The summed E-state index contributed by atoms with van der Waals surface area (Å²) in [6, 6.07) is 14.5. The van der Waals surface area contributed by atoms with Crippen molar-refractivity contribution in [3.63, 3.8) is 0 Å². The van der Waals surface area contributed by atoms with Crippen LogP contribution in [0.4, 0.5) is 10.7 Å². The fourth-order valence-electron chi connectivity index (χ4n) is 3.00. The third-order valence-electron chi connectivity index (χ3n) is 4.53. The summed E-state index contributed by atoms with van der Waals surface area (Å²) in [6.07, 6.45) is 0.592. The van der Waals surface area contributed by atoms with E-state index in [-0.39, 0.29) is 11.7 Å². The van der Waals surface area contributed by atoms with Crippen LogP contribution in [-0.2, 0) is 22.6 Å². The Labute approximate surface area is 179 Å². The first kappa shape index (κ1) is 21.5. The van der Waals surface area contributed by atoms with Gasteiger partial charge in [-0.05, 0) is 59.3 Å². The minimum atomic E-state index is -0.159. The predicted octanol–water partition coefficient (Wildman–Crippen LogP) is 4.29. The molecule has 2 aromatic carbocycles. The molecular weight excluding hydrogens is 400 g/mol. The molecule has 0 atom stereocenters. The number of ether oxygens (including phenoxy) is 2. The molecule has 0 aliphatic heterocycles. The molecule has 3 N–H and O–H groups in total. The molecule has 7 heteroatoms. The lowest BCUT2D eigenvalue weighted by Crippen LogP contribution is -2.09. The molecule has 0 aliphatic rings. The fourth-order valence-corrected chi connectivity index (χ4v) is 3.85. The standard InChI is InChI=1S/C23H24N2O4S/c1-15(26)25-19-7-5-17(6-8-19)22(27)21-18(14-30-23(21)24)11-12-29-13-16-3-9-20(28-2)10-4-16/h3-10,14H,11-13,24H2,1-2H3,(H,25,26). The number of ketones is 1.